The maximum absolute atomic E-state index is 13.5. The van der Waals surface area contributed by atoms with Crippen molar-refractivity contribution in [3.63, 3.8) is 0 Å². The van der Waals surface area contributed by atoms with Crippen molar-refractivity contribution in [3.05, 3.63) is 69.3 Å². The van der Waals surface area contributed by atoms with Crippen LogP contribution in [-0.2, 0) is 4.74 Å². The molecule has 0 aliphatic carbocycles. The number of nitrogen functional groups attached to an aromatic ring is 1. The molecule has 2 N–H and O–H groups in total. The van der Waals surface area contributed by atoms with E-state index < -0.39 is 5.97 Å². The Hall–Kier alpha value is -3.12. The molecular weight excluding hydrogens is 372 g/mol. The standard InChI is InChI=1S/C22H20N2O3S/c1-12(2)13-8-6-7-11-16(13)24-20(25)15-10-5-4-9-14(15)17-18(23)19(22(26)27-3)28-21(17)24/h4-12H,23H2,1-3H3. The van der Waals surface area contributed by atoms with Gasteiger partial charge in [-0.3, -0.25) is 9.36 Å². The Morgan fingerprint density at radius 1 is 1.07 bits per heavy atom. The maximum Gasteiger partial charge on any atom is 0.350 e. The topological polar surface area (TPSA) is 74.3 Å². The van der Waals surface area contributed by atoms with E-state index in [4.69, 9.17) is 10.5 Å². The second-order valence-electron chi connectivity index (χ2n) is 6.92. The van der Waals surface area contributed by atoms with Crippen LogP contribution in [0.1, 0.15) is 35.0 Å². The van der Waals surface area contributed by atoms with E-state index >= 15 is 0 Å². The summed E-state index contributed by atoms with van der Waals surface area (Å²) in [5, 5.41) is 2.01. The highest BCUT2D eigenvalue weighted by Gasteiger charge is 2.24. The predicted octanol–water partition coefficient (Wildman–Crippen LogP) is 4.70. The van der Waals surface area contributed by atoms with Crippen molar-refractivity contribution in [2.45, 2.75) is 19.8 Å². The molecule has 6 heteroatoms. The van der Waals surface area contributed by atoms with Gasteiger partial charge in [-0.05, 0) is 29.0 Å². The van der Waals surface area contributed by atoms with Crippen LogP contribution in [0.5, 0.6) is 0 Å². The zero-order valence-corrected chi connectivity index (χ0v) is 16.7. The number of pyridine rings is 1. The Balaban J connectivity index is 2.25. The van der Waals surface area contributed by atoms with Gasteiger partial charge < -0.3 is 10.5 Å². The average Bonchev–Trinajstić information content (AvgIpc) is 3.05. The van der Waals surface area contributed by atoms with Gasteiger partial charge in [0.2, 0.25) is 0 Å². The first-order chi connectivity index (χ1) is 13.5. The third kappa shape index (κ3) is 2.60. The molecule has 0 amide bonds. The summed E-state index contributed by atoms with van der Waals surface area (Å²) in [6.07, 6.45) is 0. The number of fused-ring (bicyclic) bond motifs is 3. The van der Waals surface area contributed by atoms with Crippen LogP contribution in [0.25, 0.3) is 26.7 Å². The van der Waals surface area contributed by atoms with Gasteiger partial charge in [0.1, 0.15) is 9.71 Å². The first-order valence-electron chi connectivity index (χ1n) is 8.99. The van der Waals surface area contributed by atoms with Crippen molar-refractivity contribution in [3.8, 4) is 5.69 Å². The maximum atomic E-state index is 13.5. The lowest BCUT2D eigenvalue weighted by Gasteiger charge is -2.16. The fourth-order valence-electron chi connectivity index (χ4n) is 3.59. The van der Waals surface area contributed by atoms with Crippen molar-refractivity contribution in [2.75, 3.05) is 12.8 Å². The number of nitrogens with two attached hydrogens (primary N) is 1. The minimum absolute atomic E-state index is 0.131. The number of methoxy groups -OCH3 is 1. The number of rotatable bonds is 3. The summed E-state index contributed by atoms with van der Waals surface area (Å²) in [6, 6.07) is 15.2. The number of esters is 1. The van der Waals surface area contributed by atoms with Crippen LogP contribution in [0.3, 0.4) is 0 Å². The van der Waals surface area contributed by atoms with Crippen LogP contribution >= 0.6 is 11.3 Å². The predicted molar refractivity (Wildman–Crippen MR) is 115 cm³/mol. The number of aromatic nitrogens is 1. The van der Waals surface area contributed by atoms with E-state index in [0.717, 1.165) is 16.6 Å². The fraction of sp³-hybridized carbons (Fsp3) is 0.182. The number of para-hydroxylation sites is 1. The van der Waals surface area contributed by atoms with E-state index in [-0.39, 0.29) is 11.5 Å². The molecule has 0 unspecified atom stereocenters. The third-order valence-corrected chi connectivity index (χ3v) is 6.10. The molecule has 0 aliphatic heterocycles. The van der Waals surface area contributed by atoms with Gasteiger partial charge in [-0.15, -0.1) is 11.3 Å². The number of thiophene rings is 1. The minimum Gasteiger partial charge on any atom is -0.465 e. The molecule has 0 saturated carbocycles. The normalized spacial score (nSPS) is 11.4. The zero-order chi connectivity index (χ0) is 20.0. The molecule has 28 heavy (non-hydrogen) atoms. The number of ether oxygens (including phenoxy) is 1. The van der Waals surface area contributed by atoms with E-state index in [1.54, 1.807) is 10.6 Å². The van der Waals surface area contributed by atoms with Gasteiger partial charge in [-0.25, -0.2) is 4.79 Å². The monoisotopic (exact) mass is 392 g/mol. The molecule has 5 nitrogen and oxygen atoms in total. The SMILES string of the molecule is COC(=O)c1sc2c(c1N)c1ccccc1c(=O)n2-c1ccccc1C(C)C. The van der Waals surface area contributed by atoms with Gasteiger partial charge in [0.05, 0.1) is 18.5 Å². The summed E-state index contributed by atoms with van der Waals surface area (Å²) >= 11 is 1.19. The fourth-order valence-corrected chi connectivity index (χ4v) is 4.76. The lowest BCUT2D eigenvalue weighted by molar-refractivity contribution is 0.0607. The van der Waals surface area contributed by atoms with E-state index in [1.165, 1.54) is 18.4 Å². The molecule has 0 aliphatic rings. The van der Waals surface area contributed by atoms with Crippen LogP contribution in [0.15, 0.2) is 53.3 Å². The van der Waals surface area contributed by atoms with E-state index in [2.05, 4.69) is 13.8 Å². The van der Waals surface area contributed by atoms with Gasteiger partial charge in [0.15, 0.2) is 0 Å². The van der Waals surface area contributed by atoms with Crippen molar-refractivity contribution >= 4 is 44.0 Å². The van der Waals surface area contributed by atoms with Gasteiger partial charge in [0, 0.05) is 10.8 Å². The van der Waals surface area contributed by atoms with Crippen LogP contribution in [0.2, 0.25) is 0 Å². The van der Waals surface area contributed by atoms with Crippen molar-refractivity contribution in [2.24, 2.45) is 0 Å². The minimum atomic E-state index is -0.501. The van der Waals surface area contributed by atoms with Gasteiger partial charge >= 0.3 is 5.97 Å². The van der Waals surface area contributed by atoms with Gasteiger partial charge in [-0.1, -0.05) is 50.2 Å². The highest BCUT2D eigenvalue weighted by atomic mass is 32.1. The quantitative estimate of drug-likeness (QED) is 0.513. The van der Waals surface area contributed by atoms with Crippen LogP contribution in [-0.4, -0.2) is 17.6 Å². The molecule has 142 valence electrons. The van der Waals surface area contributed by atoms with E-state index in [9.17, 15) is 9.59 Å². The molecule has 0 saturated heterocycles. The molecule has 0 bridgehead atoms. The molecule has 0 spiro atoms. The van der Waals surface area contributed by atoms with Gasteiger partial charge in [-0.2, -0.15) is 0 Å². The number of anilines is 1. The highest BCUT2D eigenvalue weighted by Crippen LogP contribution is 2.39. The summed E-state index contributed by atoms with van der Waals surface area (Å²) in [5.41, 5.74) is 8.44. The lowest BCUT2D eigenvalue weighted by atomic mass is 10.0. The Morgan fingerprint density at radius 3 is 2.39 bits per heavy atom. The number of nitrogens with zero attached hydrogens (tertiary/aromatic N) is 1. The van der Waals surface area contributed by atoms with Crippen LogP contribution in [0.4, 0.5) is 5.69 Å². The summed E-state index contributed by atoms with van der Waals surface area (Å²) in [4.78, 5) is 26.7. The Labute approximate surface area is 166 Å². The summed E-state index contributed by atoms with van der Waals surface area (Å²) < 4.78 is 6.58. The molecule has 0 atom stereocenters. The summed E-state index contributed by atoms with van der Waals surface area (Å²) in [7, 11) is 1.32. The smallest absolute Gasteiger partial charge is 0.350 e. The zero-order valence-electron chi connectivity index (χ0n) is 15.9. The number of hydrogen-bond donors (Lipinski definition) is 1. The summed E-state index contributed by atoms with van der Waals surface area (Å²) in [6.45, 7) is 4.18. The molecule has 2 aromatic heterocycles. The Morgan fingerprint density at radius 2 is 1.71 bits per heavy atom. The Bertz CT molecular complexity index is 1280. The lowest BCUT2D eigenvalue weighted by Crippen LogP contribution is -2.20. The third-order valence-electron chi connectivity index (χ3n) is 4.93. The first-order valence-corrected chi connectivity index (χ1v) is 9.80. The second-order valence-corrected chi connectivity index (χ2v) is 7.92. The molecule has 0 fully saturated rings. The summed E-state index contributed by atoms with van der Waals surface area (Å²) in [5.74, 6) is -0.277. The van der Waals surface area contributed by atoms with Gasteiger partial charge in [0.25, 0.3) is 5.56 Å². The molecule has 4 rings (SSSR count). The number of benzene rings is 2. The molecule has 4 aromatic rings. The largest absolute Gasteiger partial charge is 0.465 e. The molecule has 0 radical (unpaired) electrons. The highest BCUT2D eigenvalue weighted by molar-refractivity contribution is 7.21. The number of hydrogen-bond acceptors (Lipinski definition) is 5. The van der Waals surface area contributed by atoms with Crippen molar-refractivity contribution in [1.82, 2.24) is 4.57 Å². The number of carbonyl (C=O) groups is 1. The van der Waals surface area contributed by atoms with E-state index in [1.807, 2.05) is 42.5 Å². The first kappa shape index (κ1) is 18.3. The number of carbonyl (C=O) groups excluding carboxylic acids is 1. The molecule has 2 aromatic carbocycles. The van der Waals surface area contributed by atoms with Crippen molar-refractivity contribution < 1.29 is 9.53 Å². The Kier molecular flexibility index (Phi) is 4.43. The molecule has 2 heterocycles. The average molecular weight is 392 g/mol. The molecular formula is C22H20N2O3S. The second kappa shape index (κ2) is 6.80. The van der Waals surface area contributed by atoms with Crippen molar-refractivity contribution in [1.29, 1.82) is 0 Å². The van der Waals surface area contributed by atoms with Crippen LogP contribution < -0.4 is 11.3 Å². The van der Waals surface area contributed by atoms with E-state index in [0.29, 0.717) is 26.2 Å². The van der Waals surface area contributed by atoms with Crippen LogP contribution in [0, 0.1) is 0 Å².